The molecule has 0 spiro atoms. The van der Waals surface area contributed by atoms with Crippen molar-refractivity contribution >= 4 is 35.5 Å². The van der Waals surface area contributed by atoms with E-state index in [1.807, 2.05) is 0 Å². The molecule has 0 amide bonds. The summed E-state index contributed by atoms with van der Waals surface area (Å²) in [6, 6.07) is 0. The number of esters is 1. The third kappa shape index (κ3) is 7.05. The maximum Gasteiger partial charge on any atom is 0.305 e. The molecule has 0 saturated heterocycles. The Bertz CT molecular complexity index is 1110. The molecule has 43 heavy (non-hydrogen) atoms. The Balaban J connectivity index is 1.47. The lowest BCUT2D eigenvalue weighted by Gasteiger charge is -2.64. The van der Waals surface area contributed by atoms with E-state index in [1.54, 1.807) is 0 Å². The number of ether oxygens (including phenoxy) is 4. The highest BCUT2D eigenvalue weighted by molar-refractivity contribution is 7.85. The third-order valence-corrected chi connectivity index (χ3v) is 12.8. The van der Waals surface area contributed by atoms with E-state index in [1.165, 1.54) is 0 Å². The highest BCUT2D eigenvalue weighted by Gasteiger charge is 2.67. The zero-order valence-corrected chi connectivity index (χ0v) is 26.3. The van der Waals surface area contributed by atoms with Crippen LogP contribution in [0.15, 0.2) is 0 Å². The summed E-state index contributed by atoms with van der Waals surface area (Å²) in [5, 5.41) is 0. The van der Waals surface area contributed by atoms with Gasteiger partial charge in [-0.05, 0) is 99.2 Å². The Morgan fingerprint density at radius 3 is 2.35 bits per heavy atom. The molecule has 0 aromatic heterocycles. The Morgan fingerprint density at radius 2 is 1.67 bits per heavy atom. The van der Waals surface area contributed by atoms with Crippen molar-refractivity contribution in [2.75, 3.05) is 12.4 Å². The van der Waals surface area contributed by atoms with Crippen molar-refractivity contribution in [2.24, 2.45) is 46.3 Å². The van der Waals surface area contributed by atoms with Gasteiger partial charge in [0.05, 0.1) is 16.7 Å². The first-order valence-corrected chi connectivity index (χ1v) is 17.3. The van der Waals surface area contributed by atoms with Gasteiger partial charge in [-0.15, -0.1) is 0 Å². The molecular formula is C31H47O11S-. The van der Waals surface area contributed by atoms with Gasteiger partial charge >= 0.3 is 5.97 Å². The quantitative estimate of drug-likeness (QED) is 0.0854. The van der Waals surface area contributed by atoms with Gasteiger partial charge in [0.25, 0.3) is 19.4 Å². The summed E-state index contributed by atoms with van der Waals surface area (Å²) in [5.74, 6) is 0.158. The SMILES string of the molecule is C[C@H](CCC(=O)OCCCCS(=O)(=O)[O-])[C@H]1CC[C@H]2[C@@H]3C(OC=O)CC4CC(OC=O)CC[C@]4(C)[C@H]3CC(OC=O)[C@]12C. The lowest BCUT2D eigenvalue weighted by molar-refractivity contribution is -0.218. The first-order chi connectivity index (χ1) is 20.4. The maximum atomic E-state index is 12.4. The predicted molar refractivity (Wildman–Crippen MR) is 152 cm³/mol. The van der Waals surface area contributed by atoms with Gasteiger partial charge in [-0.3, -0.25) is 19.2 Å². The standard InChI is InChI=1S/C31H48O11S/c1-20(6-9-28(35)39-12-4-5-13-43(36,37)38)23-7-8-24-29-25(16-27(42-19-34)31(23,24)3)30(2)11-10-22(40-17-32)14-21(30)15-26(29)41-18-33/h17-27,29H,4-16H2,1-3H3,(H,36,37,38)/p-1/t20-,21?,22?,23-,24+,25+,26?,27?,29+,30+,31-/m1/s1. The number of fused-ring (bicyclic) bond motifs is 5. The summed E-state index contributed by atoms with van der Waals surface area (Å²) in [5.41, 5.74) is -0.423. The molecule has 0 N–H and O–H groups in total. The minimum Gasteiger partial charge on any atom is -0.748 e. The van der Waals surface area contributed by atoms with E-state index < -0.39 is 15.9 Å². The van der Waals surface area contributed by atoms with Gasteiger partial charge in [-0.25, -0.2) is 8.42 Å². The third-order valence-electron chi connectivity index (χ3n) is 12.0. The van der Waals surface area contributed by atoms with Crippen LogP contribution in [-0.4, -0.2) is 69.0 Å². The number of rotatable bonds is 15. The molecular weight excluding hydrogens is 580 g/mol. The molecule has 0 heterocycles. The second-order valence-electron chi connectivity index (χ2n) is 13.8. The van der Waals surface area contributed by atoms with Crippen molar-refractivity contribution in [2.45, 2.75) is 110 Å². The normalized spacial score (nSPS) is 39.3. The Kier molecular flexibility index (Phi) is 10.8. The van der Waals surface area contributed by atoms with Crippen LogP contribution in [0, 0.1) is 46.3 Å². The fourth-order valence-electron chi connectivity index (χ4n) is 9.93. The molecule has 11 nitrogen and oxygen atoms in total. The van der Waals surface area contributed by atoms with E-state index in [4.69, 9.17) is 18.9 Å². The summed E-state index contributed by atoms with van der Waals surface area (Å²) >= 11 is 0. The topological polar surface area (TPSA) is 162 Å². The smallest absolute Gasteiger partial charge is 0.305 e. The lowest BCUT2D eigenvalue weighted by atomic mass is 9.43. The van der Waals surface area contributed by atoms with E-state index in [0.29, 0.717) is 45.1 Å². The Morgan fingerprint density at radius 1 is 0.953 bits per heavy atom. The molecule has 244 valence electrons. The van der Waals surface area contributed by atoms with Crippen molar-refractivity contribution < 1.29 is 51.1 Å². The highest BCUT2D eigenvalue weighted by Crippen LogP contribution is 2.69. The summed E-state index contributed by atoms with van der Waals surface area (Å²) in [7, 11) is -4.27. The van der Waals surface area contributed by atoms with E-state index in [9.17, 15) is 32.1 Å². The average Bonchev–Trinajstić information content (AvgIpc) is 3.30. The lowest BCUT2D eigenvalue weighted by Crippen LogP contribution is -2.63. The van der Waals surface area contributed by atoms with Crippen molar-refractivity contribution in [1.29, 1.82) is 0 Å². The number of carbonyl (C=O) groups excluding carboxylic acids is 4. The van der Waals surface area contributed by atoms with Crippen LogP contribution in [0.4, 0.5) is 0 Å². The zero-order valence-electron chi connectivity index (χ0n) is 25.5. The summed E-state index contributed by atoms with van der Waals surface area (Å²) in [6.07, 6.45) is 6.15. The second-order valence-corrected chi connectivity index (χ2v) is 15.4. The Labute approximate surface area is 254 Å². The molecule has 0 aromatic rings. The van der Waals surface area contributed by atoms with Crippen LogP contribution >= 0.6 is 0 Å². The first kappa shape index (κ1) is 33.7. The zero-order chi connectivity index (χ0) is 31.4. The molecule has 0 aliphatic heterocycles. The van der Waals surface area contributed by atoms with Crippen LogP contribution in [0.25, 0.3) is 0 Å². The largest absolute Gasteiger partial charge is 0.748 e. The summed E-state index contributed by atoms with van der Waals surface area (Å²) in [4.78, 5) is 47.1. The molecule has 0 radical (unpaired) electrons. The fraction of sp³-hybridized carbons (Fsp3) is 0.871. The predicted octanol–water partition coefficient (Wildman–Crippen LogP) is 3.77. The van der Waals surface area contributed by atoms with Crippen LogP contribution in [0.5, 0.6) is 0 Å². The van der Waals surface area contributed by atoms with Gasteiger partial charge in [0.2, 0.25) is 0 Å². The molecule has 11 atom stereocenters. The van der Waals surface area contributed by atoms with Gasteiger partial charge in [0, 0.05) is 23.5 Å². The van der Waals surface area contributed by atoms with E-state index in [-0.39, 0.29) is 90.1 Å². The van der Waals surface area contributed by atoms with Gasteiger partial charge < -0.3 is 23.5 Å². The summed E-state index contributed by atoms with van der Waals surface area (Å²) in [6.45, 7) is 8.34. The minimum absolute atomic E-state index is 0.0622. The molecule has 4 rings (SSSR count). The molecule has 4 fully saturated rings. The van der Waals surface area contributed by atoms with Crippen molar-refractivity contribution in [3.63, 3.8) is 0 Å². The molecule has 4 unspecified atom stereocenters. The maximum absolute atomic E-state index is 12.4. The van der Waals surface area contributed by atoms with Crippen molar-refractivity contribution in [3.8, 4) is 0 Å². The fourth-order valence-corrected chi connectivity index (χ4v) is 10.5. The molecule has 12 heteroatoms. The van der Waals surface area contributed by atoms with Crippen LogP contribution in [-0.2, 0) is 48.2 Å². The van der Waals surface area contributed by atoms with Crippen LogP contribution in [0.2, 0.25) is 0 Å². The van der Waals surface area contributed by atoms with E-state index >= 15 is 0 Å². The van der Waals surface area contributed by atoms with E-state index in [0.717, 1.165) is 32.1 Å². The van der Waals surface area contributed by atoms with Crippen LogP contribution in [0.1, 0.15) is 91.4 Å². The second kappa shape index (κ2) is 13.8. The van der Waals surface area contributed by atoms with Gasteiger partial charge in [-0.1, -0.05) is 20.8 Å². The first-order valence-electron chi connectivity index (χ1n) is 15.8. The van der Waals surface area contributed by atoms with Crippen molar-refractivity contribution in [1.82, 2.24) is 0 Å². The average molecular weight is 628 g/mol. The number of hydrogen-bond acceptors (Lipinski definition) is 11. The van der Waals surface area contributed by atoms with Crippen LogP contribution in [0.3, 0.4) is 0 Å². The summed E-state index contributed by atoms with van der Waals surface area (Å²) < 4.78 is 54.6. The van der Waals surface area contributed by atoms with Crippen LogP contribution < -0.4 is 0 Å². The van der Waals surface area contributed by atoms with Gasteiger partial charge in [0.15, 0.2) is 0 Å². The number of hydrogen-bond donors (Lipinski definition) is 0. The minimum atomic E-state index is -4.27. The van der Waals surface area contributed by atoms with Gasteiger partial charge in [-0.2, -0.15) is 0 Å². The molecule has 4 saturated carbocycles. The Hall–Kier alpha value is -2.21. The number of unbranched alkanes of at least 4 members (excludes halogenated alkanes) is 1. The molecule has 4 aliphatic carbocycles. The number of carbonyl (C=O) groups is 4. The highest BCUT2D eigenvalue weighted by atomic mass is 32.2. The molecule has 4 aliphatic rings. The van der Waals surface area contributed by atoms with E-state index in [2.05, 4.69) is 20.8 Å². The molecule has 0 aromatic carbocycles. The molecule has 0 bridgehead atoms. The monoisotopic (exact) mass is 627 g/mol. The van der Waals surface area contributed by atoms with Gasteiger partial charge in [0.1, 0.15) is 18.3 Å². The van der Waals surface area contributed by atoms with Crippen molar-refractivity contribution in [3.05, 3.63) is 0 Å².